The maximum absolute atomic E-state index is 11.0. The Morgan fingerprint density at radius 1 is 1.54 bits per heavy atom. The fourth-order valence-electron chi connectivity index (χ4n) is 1.00. The number of aryl methyl sites for hydroxylation is 2. The van der Waals surface area contributed by atoms with Gasteiger partial charge in [0.05, 0.1) is 16.7 Å². The standard InChI is InChI=1S/C9H11BrN2O/c1-6-3-4-8(7(2)11-6)12-9(13)5-10/h3-4H,5H2,1-2H3,(H,12,13). The van der Waals surface area contributed by atoms with Gasteiger partial charge in [-0.05, 0) is 26.0 Å². The van der Waals surface area contributed by atoms with Crippen molar-refractivity contribution in [1.29, 1.82) is 0 Å². The van der Waals surface area contributed by atoms with Crippen LogP contribution in [0.4, 0.5) is 5.69 Å². The first-order valence-electron chi connectivity index (χ1n) is 3.93. The predicted octanol–water partition coefficient (Wildman–Crippen LogP) is 2.03. The summed E-state index contributed by atoms with van der Waals surface area (Å²) < 4.78 is 0. The minimum Gasteiger partial charge on any atom is -0.324 e. The average molecular weight is 243 g/mol. The van der Waals surface area contributed by atoms with Gasteiger partial charge in [0.15, 0.2) is 0 Å². The Bertz CT molecular complexity index is 325. The molecule has 0 aliphatic carbocycles. The number of aromatic nitrogens is 1. The second-order valence-electron chi connectivity index (χ2n) is 2.77. The van der Waals surface area contributed by atoms with E-state index in [1.807, 2.05) is 26.0 Å². The van der Waals surface area contributed by atoms with Crippen molar-refractivity contribution in [2.45, 2.75) is 13.8 Å². The number of hydrogen-bond donors (Lipinski definition) is 1. The molecule has 0 atom stereocenters. The molecule has 0 saturated heterocycles. The molecule has 0 aliphatic rings. The summed E-state index contributed by atoms with van der Waals surface area (Å²) in [7, 11) is 0. The number of pyridine rings is 1. The molecule has 1 aromatic heterocycles. The van der Waals surface area contributed by atoms with Gasteiger partial charge in [0, 0.05) is 5.69 Å². The molecule has 0 saturated carbocycles. The minimum absolute atomic E-state index is 0.0613. The van der Waals surface area contributed by atoms with Gasteiger partial charge in [-0.2, -0.15) is 0 Å². The zero-order chi connectivity index (χ0) is 9.84. The van der Waals surface area contributed by atoms with Crippen LogP contribution in [0, 0.1) is 13.8 Å². The van der Waals surface area contributed by atoms with E-state index in [-0.39, 0.29) is 5.91 Å². The zero-order valence-electron chi connectivity index (χ0n) is 7.60. The Morgan fingerprint density at radius 3 is 2.77 bits per heavy atom. The summed E-state index contributed by atoms with van der Waals surface area (Å²) in [6.07, 6.45) is 0. The molecule has 4 heteroatoms. The number of rotatable bonds is 2. The van der Waals surface area contributed by atoms with Crippen LogP contribution in [-0.2, 0) is 4.79 Å². The van der Waals surface area contributed by atoms with Gasteiger partial charge in [-0.15, -0.1) is 0 Å². The fraction of sp³-hybridized carbons (Fsp3) is 0.333. The molecule has 1 aromatic rings. The highest BCUT2D eigenvalue weighted by atomic mass is 79.9. The highest BCUT2D eigenvalue weighted by molar-refractivity contribution is 9.09. The summed E-state index contributed by atoms with van der Waals surface area (Å²) in [6, 6.07) is 3.73. The fourth-order valence-corrected chi connectivity index (χ4v) is 1.14. The van der Waals surface area contributed by atoms with E-state index in [1.165, 1.54) is 0 Å². The van der Waals surface area contributed by atoms with Gasteiger partial charge < -0.3 is 5.32 Å². The Hall–Kier alpha value is -0.900. The molecule has 0 spiro atoms. The van der Waals surface area contributed by atoms with Crippen molar-refractivity contribution < 1.29 is 4.79 Å². The van der Waals surface area contributed by atoms with Crippen LogP contribution in [0.25, 0.3) is 0 Å². The van der Waals surface area contributed by atoms with Crippen LogP contribution in [-0.4, -0.2) is 16.2 Å². The smallest absolute Gasteiger partial charge is 0.235 e. The van der Waals surface area contributed by atoms with E-state index in [9.17, 15) is 4.79 Å². The number of nitrogens with zero attached hydrogens (tertiary/aromatic N) is 1. The Morgan fingerprint density at radius 2 is 2.23 bits per heavy atom. The first-order chi connectivity index (χ1) is 6.13. The lowest BCUT2D eigenvalue weighted by molar-refractivity contribution is -0.113. The van der Waals surface area contributed by atoms with Crippen LogP contribution in [0.5, 0.6) is 0 Å². The molecule has 0 aromatic carbocycles. The number of anilines is 1. The first kappa shape index (κ1) is 10.2. The van der Waals surface area contributed by atoms with Gasteiger partial charge in [-0.1, -0.05) is 15.9 Å². The van der Waals surface area contributed by atoms with E-state index in [2.05, 4.69) is 26.2 Å². The van der Waals surface area contributed by atoms with Crippen molar-refractivity contribution in [3.63, 3.8) is 0 Å². The van der Waals surface area contributed by atoms with Gasteiger partial charge in [-0.3, -0.25) is 9.78 Å². The Balaban J connectivity index is 2.83. The van der Waals surface area contributed by atoms with Crippen LogP contribution in [0.3, 0.4) is 0 Å². The monoisotopic (exact) mass is 242 g/mol. The second-order valence-corrected chi connectivity index (χ2v) is 3.33. The molecule has 1 heterocycles. The number of amides is 1. The van der Waals surface area contributed by atoms with Crippen molar-refractivity contribution >= 4 is 27.5 Å². The highest BCUT2D eigenvalue weighted by Crippen LogP contribution is 2.12. The normalized spacial score (nSPS) is 9.77. The van der Waals surface area contributed by atoms with Crippen LogP contribution in [0.2, 0.25) is 0 Å². The molecule has 13 heavy (non-hydrogen) atoms. The number of alkyl halides is 1. The lowest BCUT2D eigenvalue weighted by Crippen LogP contribution is -2.13. The molecule has 0 fully saturated rings. The van der Waals surface area contributed by atoms with Gasteiger partial charge in [-0.25, -0.2) is 0 Å². The molecule has 1 amide bonds. The van der Waals surface area contributed by atoms with Crippen molar-refractivity contribution in [3.8, 4) is 0 Å². The van der Waals surface area contributed by atoms with E-state index in [0.717, 1.165) is 17.1 Å². The molecule has 0 aliphatic heterocycles. The maximum Gasteiger partial charge on any atom is 0.235 e. The molecule has 1 rings (SSSR count). The van der Waals surface area contributed by atoms with E-state index in [1.54, 1.807) is 0 Å². The Labute approximate surface area is 85.7 Å². The van der Waals surface area contributed by atoms with Gasteiger partial charge in [0.25, 0.3) is 0 Å². The second kappa shape index (κ2) is 4.37. The summed E-state index contributed by atoms with van der Waals surface area (Å²) in [6.45, 7) is 3.79. The summed E-state index contributed by atoms with van der Waals surface area (Å²) in [5.41, 5.74) is 2.57. The number of carbonyl (C=O) groups excluding carboxylic acids is 1. The highest BCUT2D eigenvalue weighted by Gasteiger charge is 2.03. The minimum atomic E-state index is -0.0613. The van der Waals surface area contributed by atoms with Crippen molar-refractivity contribution in [3.05, 3.63) is 23.5 Å². The number of halogens is 1. The summed E-state index contributed by atoms with van der Waals surface area (Å²) in [5, 5.41) is 3.04. The van der Waals surface area contributed by atoms with Crippen molar-refractivity contribution in [2.24, 2.45) is 0 Å². The number of nitrogens with one attached hydrogen (secondary N) is 1. The van der Waals surface area contributed by atoms with E-state index < -0.39 is 0 Å². The van der Waals surface area contributed by atoms with Gasteiger partial charge >= 0.3 is 0 Å². The average Bonchev–Trinajstić information content (AvgIpc) is 2.09. The molecular formula is C9H11BrN2O. The zero-order valence-corrected chi connectivity index (χ0v) is 9.18. The van der Waals surface area contributed by atoms with Crippen LogP contribution >= 0.6 is 15.9 Å². The van der Waals surface area contributed by atoms with Crippen LogP contribution in [0.1, 0.15) is 11.4 Å². The summed E-state index contributed by atoms with van der Waals surface area (Å²) in [5.74, 6) is -0.0613. The van der Waals surface area contributed by atoms with Gasteiger partial charge in [0.2, 0.25) is 5.91 Å². The Kier molecular flexibility index (Phi) is 3.42. The lowest BCUT2D eigenvalue weighted by atomic mass is 10.3. The van der Waals surface area contributed by atoms with Crippen LogP contribution < -0.4 is 5.32 Å². The maximum atomic E-state index is 11.0. The quantitative estimate of drug-likeness (QED) is 0.807. The van der Waals surface area contributed by atoms with E-state index in [4.69, 9.17) is 0 Å². The van der Waals surface area contributed by atoms with Crippen LogP contribution in [0.15, 0.2) is 12.1 Å². The molecule has 0 radical (unpaired) electrons. The third-order valence-corrected chi connectivity index (χ3v) is 2.13. The SMILES string of the molecule is Cc1ccc(NC(=O)CBr)c(C)n1. The summed E-state index contributed by atoms with van der Waals surface area (Å²) in [4.78, 5) is 15.3. The molecular weight excluding hydrogens is 232 g/mol. The third kappa shape index (κ3) is 2.81. The number of hydrogen-bond acceptors (Lipinski definition) is 2. The van der Waals surface area contributed by atoms with E-state index >= 15 is 0 Å². The largest absolute Gasteiger partial charge is 0.324 e. The topological polar surface area (TPSA) is 42.0 Å². The lowest BCUT2D eigenvalue weighted by Gasteiger charge is -2.06. The van der Waals surface area contributed by atoms with E-state index in [0.29, 0.717) is 5.33 Å². The third-order valence-electron chi connectivity index (χ3n) is 1.62. The number of carbonyl (C=O) groups is 1. The summed E-state index contributed by atoms with van der Waals surface area (Å²) >= 11 is 3.08. The predicted molar refractivity (Wildman–Crippen MR) is 56.1 cm³/mol. The molecule has 1 N–H and O–H groups in total. The first-order valence-corrected chi connectivity index (χ1v) is 5.05. The van der Waals surface area contributed by atoms with Crippen molar-refractivity contribution in [1.82, 2.24) is 4.98 Å². The molecule has 70 valence electrons. The molecule has 3 nitrogen and oxygen atoms in total. The molecule has 0 bridgehead atoms. The van der Waals surface area contributed by atoms with Gasteiger partial charge in [0.1, 0.15) is 0 Å². The van der Waals surface area contributed by atoms with Crippen molar-refractivity contribution in [2.75, 3.05) is 10.6 Å². The molecule has 0 unspecified atom stereocenters.